The Hall–Kier alpha value is -2.76. The van der Waals surface area contributed by atoms with Gasteiger partial charge in [-0.3, -0.25) is 0 Å². The molecule has 1 aromatic carbocycles. The molecule has 2 aromatic rings. The van der Waals surface area contributed by atoms with E-state index < -0.39 is 10.0 Å². The maximum atomic E-state index is 11.2. The van der Waals surface area contributed by atoms with Crippen molar-refractivity contribution in [1.29, 1.82) is 0 Å². The SMILES string of the molecule is C#CCNC(=NCc1ccc(S(N)(=O)=O)cc1)NCCc1ccco1. The third-order valence-corrected chi connectivity index (χ3v) is 4.20. The Labute approximate surface area is 147 Å². The normalized spacial score (nSPS) is 11.8. The van der Waals surface area contributed by atoms with E-state index in [1.165, 1.54) is 12.1 Å². The van der Waals surface area contributed by atoms with Gasteiger partial charge in [-0.15, -0.1) is 6.42 Å². The lowest BCUT2D eigenvalue weighted by molar-refractivity contribution is 0.507. The van der Waals surface area contributed by atoms with E-state index in [1.54, 1.807) is 18.4 Å². The highest BCUT2D eigenvalue weighted by Gasteiger charge is 2.06. The zero-order valence-electron chi connectivity index (χ0n) is 13.6. The molecule has 7 nitrogen and oxygen atoms in total. The quantitative estimate of drug-likeness (QED) is 0.385. The minimum absolute atomic E-state index is 0.0717. The zero-order valence-corrected chi connectivity index (χ0v) is 14.4. The molecule has 0 spiro atoms. The van der Waals surface area contributed by atoms with Gasteiger partial charge in [0.2, 0.25) is 10.0 Å². The largest absolute Gasteiger partial charge is 0.469 e. The van der Waals surface area contributed by atoms with Gasteiger partial charge in [0.1, 0.15) is 5.76 Å². The van der Waals surface area contributed by atoms with Crippen molar-refractivity contribution in [3.05, 3.63) is 54.0 Å². The topological polar surface area (TPSA) is 110 Å². The molecule has 0 saturated carbocycles. The van der Waals surface area contributed by atoms with E-state index in [4.69, 9.17) is 16.0 Å². The van der Waals surface area contributed by atoms with Crippen LogP contribution in [0.2, 0.25) is 0 Å². The molecule has 0 saturated heterocycles. The maximum Gasteiger partial charge on any atom is 0.238 e. The van der Waals surface area contributed by atoms with E-state index in [0.29, 0.717) is 32.0 Å². The molecule has 0 bridgehead atoms. The standard InChI is InChI=1S/C17H20N4O3S/c1-2-10-19-17(20-11-9-15-4-3-12-24-15)21-13-14-5-7-16(8-6-14)25(18,22)23/h1,3-8,12H,9-11,13H2,(H2,18,22,23)(H2,19,20,21). The third-order valence-electron chi connectivity index (χ3n) is 3.27. The minimum Gasteiger partial charge on any atom is -0.469 e. The van der Waals surface area contributed by atoms with Crippen LogP contribution in [0.3, 0.4) is 0 Å². The number of primary sulfonamides is 1. The van der Waals surface area contributed by atoms with Crippen LogP contribution in [0.4, 0.5) is 0 Å². The van der Waals surface area contributed by atoms with Crippen LogP contribution >= 0.6 is 0 Å². The number of nitrogens with one attached hydrogen (secondary N) is 2. The van der Waals surface area contributed by atoms with E-state index in [9.17, 15) is 8.42 Å². The first-order valence-electron chi connectivity index (χ1n) is 7.59. The minimum atomic E-state index is -3.69. The van der Waals surface area contributed by atoms with Gasteiger partial charge in [0.25, 0.3) is 0 Å². The molecule has 0 unspecified atom stereocenters. The fourth-order valence-corrected chi connectivity index (χ4v) is 2.54. The fourth-order valence-electron chi connectivity index (χ4n) is 2.02. The van der Waals surface area contributed by atoms with Gasteiger partial charge >= 0.3 is 0 Å². The second-order valence-corrected chi connectivity index (χ2v) is 6.73. The Bertz CT molecular complexity index is 835. The Balaban J connectivity index is 1.95. The highest BCUT2D eigenvalue weighted by molar-refractivity contribution is 7.89. The number of terminal acetylenes is 1. The van der Waals surface area contributed by atoms with Gasteiger partial charge in [0.05, 0.1) is 24.2 Å². The summed E-state index contributed by atoms with van der Waals surface area (Å²) in [5, 5.41) is 11.3. The number of hydrogen-bond acceptors (Lipinski definition) is 4. The second-order valence-electron chi connectivity index (χ2n) is 5.17. The van der Waals surface area contributed by atoms with Gasteiger partial charge in [0.15, 0.2) is 5.96 Å². The van der Waals surface area contributed by atoms with Crippen LogP contribution in [0.15, 0.2) is 57.0 Å². The van der Waals surface area contributed by atoms with E-state index >= 15 is 0 Å². The summed E-state index contributed by atoms with van der Waals surface area (Å²) in [6.07, 6.45) is 7.61. The number of rotatable bonds is 7. The van der Waals surface area contributed by atoms with E-state index in [2.05, 4.69) is 21.5 Å². The summed E-state index contributed by atoms with van der Waals surface area (Å²) in [5.74, 6) is 3.94. The Kier molecular flexibility index (Phi) is 6.62. The average molecular weight is 360 g/mol. The van der Waals surface area contributed by atoms with Crippen LogP contribution in [0.25, 0.3) is 0 Å². The number of hydrogen-bond donors (Lipinski definition) is 3. The van der Waals surface area contributed by atoms with E-state index in [1.807, 2.05) is 12.1 Å². The summed E-state index contributed by atoms with van der Waals surface area (Å²) in [6.45, 7) is 1.34. The molecule has 0 radical (unpaired) electrons. The predicted molar refractivity (Wildman–Crippen MR) is 96.2 cm³/mol. The summed E-state index contributed by atoms with van der Waals surface area (Å²) in [4.78, 5) is 4.50. The summed E-state index contributed by atoms with van der Waals surface area (Å²) in [5.41, 5.74) is 0.847. The molecular formula is C17H20N4O3S. The molecule has 25 heavy (non-hydrogen) atoms. The lowest BCUT2D eigenvalue weighted by Gasteiger charge is -2.10. The molecule has 0 amide bonds. The number of guanidine groups is 1. The maximum absolute atomic E-state index is 11.2. The van der Waals surface area contributed by atoms with Crippen LogP contribution < -0.4 is 15.8 Å². The lowest BCUT2D eigenvalue weighted by atomic mass is 10.2. The Morgan fingerprint density at radius 2 is 2.00 bits per heavy atom. The Morgan fingerprint density at radius 1 is 1.24 bits per heavy atom. The first-order chi connectivity index (χ1) is 12.0. The van der Waals surface area contributed by atoms with Crippen LogP contribution in [0.1, 0.15) is 11.3 Å². The average Bonchev–Trinajstić information content (AvgIpc) is 3.10. The molecule has 0 aliphatic heterocycles. The van der Waals surface area contributed by atoms with Crippen molar-refractivity contribution < 1.29 is 12.8 Å². The van der Waals surface area contributed by atoms with Crippen LogP contribution in [0, 0.1) is 12.3 Å². The van der Waals surface area contributed by atoms with Crippen molar-refractivity contribution >= 4 is 16.0 Å². The molecule has 4 N–H and O–H groups in total. The molecule has 1 heterocycles. The second kappa shape index (κ2) is 8.92. The molecule has 2 rings (SSSR count). The number of sulfonamides is 1. The van der Waals surface area contributed by atoms with Crippen molar-refractivity contribution in [1.82, 2.24) is 10.6 Å². The fraction of sp³-hybridized carbons (Fsp3) is 0.235. The van der Waals surface area contributed by atoms with Crippen molar-refractivity contribution in [3.63, 3.8) is 0 Å². The van der Waals surface area contributed by atoms with E-state index in [0.717, 1.165) is 11.3 Å². The molecule has 1 aromatic heterocycles. The first kappa shape index (κ1) is 18.6. The molecule has 0 aliphatic carbocycles. The van der Waals surface area contributed by atoms with Gasteiger partial charge in [-0.2, -0.15) is 0 Å². The molecule has 0 fully saturated rings. The van der Waals surface area contributed by atoms with E-state index in [-0.39, 0.29) is 4.90 Å². The summed E-state index contributed by atoms with van der Waals surface area (Å²) in [6, 6.07) is 10.0. The third kappa shape index (κ3) is 6.33. The van der Waals surface area contributed by atoms with Gasteiger partial charge in [-0.1, -0.05) is 18.1 Å². The van der Waals surface area contributed by atoms with Gasteiger partial charge in [-0.05, 0) is 29.8 Å². The van der Waals surface area contributed by atoms with Crippen LogP contribution in [-0.2, 0) is 23.0 Å². The number of nitrogens with two attached hydrogens (primary N) is 1. The Morgan fingerprint density at radius 3 is 2.60 bits per heavy atom. The van der Waals surface area contributed by atoms with Crippen molar-refractivity contribution in [2.45, 2.75) is 17.9 Å². The summed E-state index contributed by atoms with van der Waals surface area (Å²) in [7, 11) is -3.69. The summed E-state index contributed by atoms with van der Waals surface area (Å²) < 4.78 is 27.8. The van der Waals surface area contributed by atoms with Gasteiger partial charge in [-0.25, -0.2) is 18.5 Å². The first-order valence-corrected chi connectivity index (χ1v) is 9.13. The highest BCUT2D eigenvalue weighted by Crippen LogP contribution is 2.09. The lowest BCUT2D eigenvalue weighted by Crippen LogP contribution is -2.38. The van der Waals surface area contributed by atoms with Gasteiger partial charge < -0.3 is 15.1 Å². The summed E-state index contributed by atoms with van der Waals surface area (Å²) >= 11 is 0. The molecule has 132 valence electrons. The molecule has 0 aliphatic rings. The number of furan rings is 1. The predicted octanol–water partition coefficient (Wildman–Crippen LogP) is 0.838. The van der Waals surface area contributed by atoms with Crippen molar-refractivity contribution in [2.75, 3.05) is 13.1 Å². The van der Waals surface area contributed by atoms with Crippen LogP contribution in [-0.4, -0.2) is 27.5 Å². The monoisotopic (exact) mass is 360 g/mol. The molecular weight excluding hydrogens is 340 g/mol. The smallest absolute Gasteiger partial charge is 0.238 e. The highest BCUT2D eigenvalue weighted by atomic mass is 32.2. The van der Waals surface area contributed by atoms with Crippen LogP contribution in [0.5, 0.6) is 0 Å². The van der Waals surface area contributed by atoms with Crippen molar-refractivity contribution in [3.8, 4) is 12.3 Å². The zero-order chi connectivity index (χ0) is 18.1. The number of benzene rings is 1. The number of nitrogens with zero attached hydrogens (tertiary/aromatic N) is 1. The number of aliphatic imine (C=N–C) groups is 1. The van der Waals surface area contributed by atoms with Gasteiger partial charge in [0, 0.05) is 13.0 Å². The molecule has 0 atom stereocenters. The molecule has 8 heteroatoms. The van der Waals surface area contributed by atoms with Crippen molar-refractivity contribution in [2.24, 2.45) is 10.1 Å².